The minimum absolute atomic E-state index is 0.115. The normalized spacial score (nSPS) is 19.2. The van der Waals surface area contributed by atoms with Crippen molar-refractivity contribution in [3.05, 3.63) is 106 Å². The van der Waals surface area contributed by atoms with E-state index in [1.165, 1.54) is 4.90 Å². The Morgan fingerprint density at radius 2 is 1.70 bits per heavy atom. The number of esters is 1. The van der Waals surface area contributed by atoms with Crippen molar-refractivity contribution < 1.29 is 23.9 Å². The molecule has 2 atom stereocenters. The molecule has 0 aliphatic carbocycles. The molecule has 1 fully saturated rings. The lowest BCUT2D eigenvalue weighted by atomic mass is 9.94. The fourth-order valence-corrected chi connectivity index (χ4v) is 5.73. The second-order valence-corrected chi connectivity index (χ2v) is 11.0. The van der Waals surface area contributed by atoms with E-state index in [1.54, 1.807) is 38.2 Å². The molecule has 3 amide bonds. The van der Waals surface area contributed by atoms with Crippen molar-refractivity contribution in [1.29, 1.82) is 0 Å². The van der Waals surface area contributed by atoms with Gasteiger partial charge in [0.2, 0.25) is 0 Å². The summed E-state index contributed by atoms with van der Waals surface area (Å²) >= 11 is 6.30. The van der Waals surface area contributed by atoms with Crippen LogP contribution in [0.3, 0.4) is 0 Å². The third kappa shape index (κ3) is 6.68. The standard InChI is InChI=1S/C33H35ClN4O5/c1-4-42-32(40)29-28(21-37-17-18-38(22(2)20-37)31(39)26-15-8-9-16-27(26)34)36(3)33(41)35-30(29)23-11-10-14-25(19-23)43-24-12-6-5-7-13-24/h5-16,19,22,30H,4,17-18,20-21H2,1-3H3,(H,35,41)/t22-,30-/m1/s1. The molecule has 1 saturated heterocycles. The first-order chi connectivity index (χ1) is 20.8. The molecule has 0 saturated carbocycles. The summed E-state index contributed by atoms with van der Waals surface area (Å²) in [4.78, 5) is 45.4. The van der Waals surface area contributed by atoms with Crippen molar-refractivity contribution in [1.82, 2.24) is 20.0 Å². The lowest BCUT2D eigenvalue weighted by Crippen LogP contribution is -2.56. The number of para-hydroxylation sites is 1. The Morgan fingerprint density at radius 1 is 0.977 bits per heavy atom. The Hall–Kier alpha value is -4.34. The van der Waals surface area contributed by atoms with E-state index in [1.807, 2.05) is 66.4 Å². The number of nitrogens with one attached hydrogen (secondary N) is 1. The highest BCUT2D eigenvalue weighted by molar-refractivity contribution is 6.33. The number of amides is 3. The van der Waals surface area contributed by atoms with E-state index < -0.39 is 12.0 Å². The molecule has 224 valence electrons. The van der Waals surface area contributed by atoms with Crippen LogP contribution >= 0.6 is 11.6 Å². The van der Waals surface area contributed by atoms with E-state index >= 15 is 0 Å². The summed E-state index contributed by atoms with van der Waals surface area (Å²) in [5, 5.41) is 3.39. The summed E-state index contributed by atoms with van der Waals surface area (Å²) in [6.45, 7) is 5.84. The molecule has 0 unspecified atom stereocenters. The second-order valence-electron chi connectivity index (χ2n) is 10.6. The number of likely N-dealkylation sites (N-methyl/N-ethyl adjacent to an activating group) is 1. The van der Waals surface area contributed by atoms with E-state index in [0.29, 0.717) is 65.1 Å². The van der Waals surface area contributed by atoms with Crippen LogP contribution in [0.2, 0.25) is 5.02 Å². The predicted molar refractivity (Wildman–Crippen MR) is 164 cm³/mol. The molecule has 3 aromatic rings. The Kier molecular flexibility index (Phi) is 9.33. The molecular formula is C33H35ClN4O5. The van der Waals surface area contributed by atoms with Gasteiger partial charge in [-0.05, 0) is 55.8 Å². The van der Waals surface area contributed by atoms with Crippen molar-refractivity contribution >= 4 is 29.5 Å². The number of hydrogen-bond acceptors (Lipinski definition) is 6. The lowest BCUT2D eigenvalue weighted by molar-refractivity contribution is -0.139. The van der Waals surface area contributed by atoms with E-state index in [4.69, 9.17) is 21.1 Å². The zero-order valence-electron chi connectivity index (χ0n) is 24.5. The molecule has 0 radical (unpaired) electrons. The summed E-state index contributed by atoms with van der Waals surface area (Å²) in [7, 11) is 1.65. The van der Waals surface area contributed by atoms with Gasteiger partial charge in [-0.3, -0.25) is 14.6 Å². The summed E-state index contributed by atoms with van der Waals surface area (Å²) in [6, 6.07) is 22.6. The zero-order valence-corrected chi connectivity index (χ0v) is 25.2. The van der Waals surface area contributed by atoms with Crippen molar-refractivity contribution in [3.8, 4) is 11.5 Å². The molecule has 43 heavy (non-hydrogen) atoms. The number of hydrogen-bond donors (Lipinski definition) is 1. The van der Waals surface area contributed by atoms with Gasteiger partial charge in [-0.1, -0.05) is 54.1 Å². The summed E-state index contributed by atoms with van der Waals surface area (Å²) in [5.74, 6) is 0.644. The molecule has 0 aromatic heterocycles. The second kappa shape index (κ2) is 13.3. The highest BCUT2D eigenvalue weighted by Gasteiger charge is 2.38. The van der Waals surface area contributed by atoms with Crippen LogP contribution in [-0.2, 0) is 9.53 Å². The molecule has 10 heteroatoms. The zero-order chi connectivity index (χ0) is 30.5. The maximum Gasteiger partial charge on any atom is 0.338 e. The average molecular weight is 603 g/mol. The summed E-state index contributed by atoms with van der Waals surface area (Å²) in [5.41, 5.74) is 2.09. The summed E-state index contributed by atoms with van der Waals surface area (Å²) in [6.07, 6.45) is 0. The topological polar surface area (TPSA) is 91.4 Å². The monoisotopic (exact) mass is 602 g/mol. The van der Waals surface area contributed by atoms with Crippen LogP contribution in [0.25, 0.3) is 0 Å². The first kappa shape index (κ1) is 30.1. The number of halogens is 1. The maximum absolute atomic E-state index is 13.5. The van der Waals surface area contributed by atoms with Crippen LogP contribution in [-0.4, -0.2) is 78.5 Å². The van der Waals surface area contributed by atoms with Crippen molar-refractivity contribution in [2.75, 3.05) is 39.8 Å². The van der Waals surface area contributed by atoms with Gasteiger partial charge in [0.25, 0.3) is 5.91 Å². The minimum Gasteiger partial charge on any atom is -0.463 e. The third-order valence-corrected chi connectivity index (χ3v) is 8.02. The quantitative estimate of drug-likeness (QED) is 0.343. The van der Waals surface area contributed by atoms with E-state index in [0.717, 1.165) is 0 Å². The van der Waals surface area contributed by atoms with Gasteiger partial charge in [0.05, 0.1) is 28.8 Å². The molecule has 3 aromatic carbocycles. The number of nitrogens with zero attached hydrogens (tertiary/aromatic N) is 3. The molecule has 5 rings (SSSR count). The van der Waals surface area contributed by atoms with Gasteiger partial charge in [-0.25, -0.2) is 9.59 Å². The lowest BCUT2D eigenvalue weighted by Gasteiger charge is -2.42. The van der Waals surface area contributed by atoms with Crippen LogP contribution in [0.15, 0.2) is 90.1 Å². The molecule has 0 spiro atoms. The number of rotatable bonds is 8. The SMILES string of the molecule is CCOC(=O)C1=C(CN2CCN(C(=O)c3ccccc3Cl)[C@H](C)C2)N(C)C(=O)N[C@@H]1c1cccc(Oc2ccccc2)c1. The largest absolute Gasteiger partial charge is 0.463 e. The molecule has 0 bridgehead atoms. The van der Waals surface area contributed by atoms with Gasteiger partial charge in [-0.2, -0.15) is 0 Å². The molecular weight excluding hydrogens is 568 g/mol. The van der Waals surface area contributed by atoms with Crippen LogP contribution in [0.5, 0.6) is 11.5 Å². The molecule has 2 aliphatic rings. The smallest absolute Gasteiger partial charge is 0.338 e. The first-order valence-electron chi connectivity index (χ1n) is 14.3. The van der Waals surface area contributed by atoms with Crippen molar-refractivity contribution in [3.63, 3.8) is 0 Å². The maximum atomic E-state index is 13.5. The van der Waals surface area contributed by atoms with Crippen LogP contribution in [0, 0.1) is 0 Å². The highest BCUT2D eigenvalue weighted by atomic mass is 35.5. The number of benzene rings is 3. The van der Waals surface area contributed by atoms with Crippen LogP contribution in [0.4, 0.5) is 4.79 Å². The van der Waals surface area contributed by atoms with E-state index in [-0.39, 0.29) is 24.6 Å². The Labute approximate surface area is 256 Å². The van der Waals surface area contributed by atoms with Crippen molar-refractivity contribution in [2.24, 2.45) is 0 Å². The Morgan fingerprint density at radius 3 is 2.42 bits per heavy atom. The van der Waals surface area contributed by atoms with Gasteiger partial charge in [-0.15, -0.1) is 0 Å². The number of piperazine rings is 1. The number of carbonyl (C=O) groups excluding carboxylic acids is 3. The molecule has 2 aliphatic heterocycles. The molecule has 1 N–H and O–H groups in total. The number of ether oxygens (including phenoxy) is 2. The Balaban J connectivity index is 1.42. The van der Waals surface area contributed by atoms with E-state index in [2.05, 4.69) is 10.2 Å². The number of urea groups is 1. The van der Waals surface area contributed by atoms with Gasteiger partial charge in [0.15, 0.2) is 0 Å². The number of carbonyl (C=O) groups is 3. The fourth-order valence-electron chi connectivity index (χ4n) is 5.51. The molecule has 2 heterocycles. The first-order valence-corrected chi connectivity index (χ1v) is 14.7. The van der Waals surface area contributed by atoms with Crippen LogP contribution in [0.1, 0.15) is 35.8 Å². The molecule has 9 nitrogen and oxygen atoms in total. The van der Waals surface area contributed by atoms with Crippen molar-refractivity contribution in [2.45, 2.75) is 25.9 Å². The van der Waals surface area contributed by atoms with Gasteiger partial charge in [0, 0.05) is 45.0 Å². The van der Waals surface area contributed by atoms with Gasteiger partial charge >= 0.3 is 12.0 Å². The summed E-state index contributed by atoms with van der Waals surface area (Å²) < 4.78 is 11.5. The van der Waals surface area contributed by atoms with Crippen LogP contribution < -0.4 is 10.1 Å². The fraction of sp³-hybridized carbons (Fsp3) is 0.303. The average Bonchev–Trinajstić information content (AvgIpc) is 3.00. The van der Waals surface area contributed by atoms with E-state index in [9.17, 15) is 14.4 Å². The Bertz CT molecular complexity index is 1530. The highest BCUT2D eigenvalue weighted by Crippen LogP contribution is 2.34. The minimum atomic E-state index is -0.738. The van der Waals surface area contributed by atoms with Gasteiger partial charge < -0.3 is 19.7 Å². The van der Waals surface area contributed by atoms with Gasteiger partial charge in [0.1, 0.15) is 11.5 Å². The predicted octanol–water partition coefficient (Wildman–Crippen LogP) is 5.49. The third-order valence-electron chi connectivity index (χ3n) is 7.69.